The Morgan fingerprint density at radius 1 is 0.567 bits per heavy atom. The molecule has 0 aliphatic carbocycles. The third kappa shape index (κ3) is 5.42. The highest BCUT2D eigenvalue weighted by molar-refractivity contribution is 5.62. The van der Waals surface area contributed by atoms with Gasteiger partial charge in [-0.05, 0) is 78.6 Å². The van der Waals surface area contributed by atoms with E-state index >= 15 is 0 Å². The van der Waals surface area contributed by atoms with Crippen molar-refractivity contribution in [3.63, 3.8) is 0 Å². The Balaban J connectivity index is 1.31. The molecule has 0 bridgehead atoms. The maximum absolute atomic E-state index is 5.74. The molecule has 0 aliphatic rings. The summed E-state index contributed by atoms with van der Waals surface area (Å²) in [4.78, 5) is 0. The topological polar surface area (TPSA) is 50.1 Å². The molecule has 0 fully saturated rings. The molecule has 0 spiro atoms. The van der Waals surface area contributed by atoms with Gasteiger partial charge in [0.05, 0.1) is 0 Å². The molecule has 0 unspecified atom stereocenters. The Bertz CT molecular complexity index is 1070. The summed E-state index contributed by atoms with van der Waals surface area (Å²) in [6.45, 7) is 2.95. The van der Waals surface area contributed by atoms with E-state index in [0.717, 1.165) is 35.7 Å². The third-order valence-corrected chi connectivity index (χ3v) is 5.13. The average Bonchev–Trinajstić information content (AvgIpc) is 2.77. The van der Waals surface area contributed by atoms with Gasteiger partial charge in [0.15, 0.2) is 0 Å². The molecule has 4 rings (SSSR count). The first-order valence-corrected chi connectivity index (χ1v) is 10.2. The lowest BCUT2D eigenvalue weighted by Crippen LogP contribution is -1.99. The lowest BCUT2D eigenvalue weighted by atomic mass is 10.0. The summed E-state index contributed by atoms with van der Waals surface area (Å²) in [7, 11) is 0. The predicted octanol–water partition coefficient (Wildman–Crippen LogP) is 6.52. The van der Waals surface area contributed by atoms with E-state index in [4.69, 9.17) is 5.73 Å². The third-order valence-electron chi connectivity index (χ3n) is 5.13. The minimum atomic E-state index is 0.771. The average molecular weight is 394 g/mol. The van der Waals surface area contributed by atoms with Crippen molar-refractivity contribution in [1.29, 1.82) is 0 Å². The summed E-state index contributed by atoms with van der Waals surface area (Å²) in [5.74, 6) is 0. The molecule has 0 radical (unpaired) electrons. The van der Waals surface area contributed by atoms with Crippen LogP contribution in [0.15, 0.2) is 97.1 Å². The molecule has 0 aliphatic heterocycles. The van der Waals surface area contributed by atoms with E-state index in [1.54, 1.807) is 0 Å². The van der Waals surface area contributed by atoms with Crippen molar-refractivity contribution in [2.45, 2.75) is 19.9 Å². The lowest BCUT2D eigenvalue weighted by molar-refractivity contribution is 1.14. The van der Waals surface area contributed by atoms with Crippen LogP contribution in [0.25, 0.3) is 0 Å². The Kier molecular flexibility index (Phi) is 6.00. The normalized spacial score (nSPS) is 10.6. The number of benzene rings is 4. The summed E-state index contributed by atoms with van der Waals surface area (Å²) >= 11 is 0. The van der Waals surface area contributed by atoms with Crippen LogP contribution in [0.1, 0.15) is 22.3 Å². The Hall–Kier alpha value is -3.72. The highest BCUT2D eigenvalue weighted by atomic mass is 14.9. The van der Waals surface area contributed by atoms with Crippen LogP contribution in [0.2, 0.25) is 0 Å². The van der Waals surface area contributed by atoms with E-state index in [2.05, 4.69) is 90.4 Å². The Labute approximate surface area is 178 Å². The van der Waals surface area contributed by atoms with Crippen LogP contribution in [0, 0.1) is 6.92 Å². The second-order valence-corrected chi connectivity index (χ2v) is 7.66. The summed E-state index contributed by atoms with van der Waals surface area (Å²) in [6, 6.07) is 33.7. The van der Waals surface area contributed by atoms with Crippen molar-refractivity contribution in [2.24, 2.45) is 0 Å². The quantitative estimate of drug-likeness (QED) is 0.313. The number of rotatable bonds is 7. The molecule has 30 heavy (non-hydrogen) atoms. The van der Waals surface area contributed by atoms with Gasteiger partial charge in [-0.2, -0.15) is 0 Å². The van der Waals surface area contributed by atoms with Crippen molar-refractivity contribution in [3.05, 3.63) is 119 Å². The first kappa shape index (κ1) is 19.6. The summed E-state index contributed by atoms with van der Waals surface area (Å²) in [6.07, 6.45) is 0.917. The number of hydrogen-bond donors (Lipinski definition) is 3. The molecule has 0 amide bonds. The Morgan fingerprint density at radius 2 is 1.03 bits per heavy atom. The molecule has 0 saturated carbocycles. The van der Waals surface area contributed by atoms with E-state index in [-0.39, 0.29) is 0 Å². The molecule has 0 atom stereocenters. The van der Waals surface area contributed by atoms with Gasteiger partial charge in [0, 0.05) is 29.3 Å². The summed E-state index contributed by atoms with van der Waals surface area (Å²) < 4.78 is 0. The summed E-state index contributed by atoms with van der Waals surface area (Å²) in [5.41, 5.74) is 14.9. The van der Waals surface area contributed by atoms with Crippen LogP contribution in [0.4, 0.5) is 22.7 Å². The molecule has 150 valence electrons. The van der Waals surface area contributed by atoms with Crippen LogP contribution in [0.3, 0.4) is 0 Å². The van der Waals surface area contributed by atoms with Crippen LogP contribution in [0.5, 0.6) is 0 Å². The fraction of sp³-hybridized carbons (Fsp3) is 0.111. The van der Waals surface area contributed by atoms with Crippen molar-refractivity contribution in [2.75, 3.05) is 16.4 Å². The number of aryl methyl sites for hydroxylation is 1. The van der Waals surface area contributed by atoms with Crippen LogP contribution < -0.4 is 16.4 Å². The molecule has 4 aromatic carbocycles. The molecule has 4 N–H and O–H groups in total. The number of nitrogens with two attached hydrogens (primary N) is 1. The van der Waals surface area contributed by atoms with Crippen molar-refractivity contribution in [1.82, 2.24) is 0 Å². The maximum atomic E-state index is 5.74. The first-order valence-electron chi connectivity index (χ1n) is 10.2. The van der Waals surface area contributed by atoms with E-state index in [0.29, 0.717) is 0 Å². The minimum absolute atomic E-state index is 0.771. The number of nitrogens with one attached hydrogen (secondary N) is 2. The monoisotopic (exact) mass is 393 g/mol. The van der Waals surface area contributed by atoms with Gasteiger partial charge in [-0.1, -0.05) is 54.1 Å². The van der Waals surface area contributed by atoms with Crippen molar-refractivity contribution < 1.29 is 0 Å². The zero-order valence-corrected chi connectivity index (χ0v) is 17.2. The summed E-state index contributed by atoms with van der Waals surface area (Å²) in [5, 5.41) is 6.89. The smallest absolute Gasteiger partial charge is 0.0400 e. The van der Waals surface area contributed by atoms with Gasteiger partial charge in [-0.25, -0.2) is 0 Å². The van der Waals surface area contributed by atoms with Gasteiger partial charge < -0.3 is 16.4 Å². The first-order chi connectivity index (χ1) is 14.6. The van der Waals surface area contributed by atoms with E-state index in [1.807, 2.05) is 24.3 Å². The Morgan fingerprint density at radius 3 is 1.60 bits per heavy atom. The van der Waals surface area contributed by atoms with Gasteiger partial charge >= 0.3 is 0 Å². The van der Waals surface area contributed by atoms with E-state index in [1.165, 1.54) is 22.3 Å². The maximum Gasteiger partial charge on any atom is 0.0400 e. The van der Waals surface area contributed by atoms with Gasteiger partial charge in [-0.15, -0.1) is 0 Å². The molecule has 3 heteroatoms. The highest BCUT2D eigenvalue weighted by Crippen LogP contribution is 2.20. The second-order valence-electron chi connectivity index (χ2n) is 7.66. The van der Waals surface area contributed by atoms with Gasteiger partial charge in [0.2, 0.25) is 0 Å². The van der Waals surface area contributed by atoms with Gasteiger partial charge in [0.1, 0.15) is 0 Å². The SMILES string of the molecule is Cc1ccc(CNc2ccc(Cc3ccc(Nc4ccc(N)cc4)cc3)cc2)cc1. The zero-order chi connectivity index (χ0) is 20.8. The van der Waals surface area contributed by atoms with Gasteiger partial charge in [-0.3, -0.25) is 0 Å². The standard InChI is InChI=1S/C27H27N3/c1-20-2-4-23(5-3-20)19-29-25-12-6-21(7-13-25)18-22-8-14-26(15-9-22)30-27-16-10-24(28)11-17-27/h2-17,29-30H,18-19,28H2,1H3. The molecular formula is C27H27N3. The van der Waals surface area contributed by atoms with Crippen LogP contribution >= 0.6 is 0 Å². The van der Waals surface area contributed by atoms with Crippen molar-refractivity contribution in [3.8, 4) is 0 Å². The predicted molar refractivity (Wildman–Crippen MR) is 128 cm³/mol. The zero-order valence-electron chi connectivity index (χ0n) is 17.2. The molecule has 4 aromatic rings. The van der Waals surface area contributed by atoms with E-state index < -0.39 is 0 Å². The minimum Gasteiger partial charge on any atom is -0.399 e. The number of hydrogen-bond acceptors (Lipinski definition) is 3. The molecule has 0 saturated heterocycles. The highest BCUT2D eigenvalue weighted by Gasteiger charge is 2.00. The fourth-order valence-corrected chi connectivity index (χ4v) is 3.33. The molecule has 0 aromatic heterocycles. The lowest BCUT2D eigenvalue weighted by Gasteiger charge is -2.10. The molecule has 0 heterocycles. The van der Waals surface area contributed by atoms with Gasteiger partial charge in [0.25, 0.3) is 0 Å². The van der Waals surface area contributed by atoms with Crippen molar-refractivity contribution >= 4 is 22.7 Å². The number of nitrogen functional groups attached to an aromatic ring is 1. The molecular weight excluding hydrogens is 366 g/mol. The van der Waals surface area contributed by atoms with Crippen LogP contribution in [-0.2, 0) is 13.0 Å². The molecule has 3 nitrogen and oxygen atoms in total. The number of anilines is 4. The van der Waals surface area contributed by atoms with E-state index in [9.17, 15) is 0 Å². The second kappa shape index (κ2) is 9.19. The largest absolute Gasteiger partial charge is 0.399 e. The fourth-order valence-electron chi connectivity index (χ4n) is 3.33. The van der Waals surface area contributed by atoms with Crippen LogP contribution in [-0.4, -0.2) is 0 Å².